The molecule has 0 atom stereocenters. The van der Waals surface area contributed by atoms with Gasteiger partial charge < -0.3 is 20.4 Å². The molecular weight excluding hydrogens is 334 g/mol. The van der Waals surface area contributed by atoms with E-state index in [4.69, 9.17) is 4.42 Å². The molecule has 2 heterocycles. The van der Waals surface area contributed by atoms with Crippen molar-refractivity contribution in [2.24, 2.45) is 4.99 Å². The number of amides is 1. The standard InChI is InChI=1S/C17H27N7O2/c1-5-18-16(20-11-14(25)22-17(2,3)4)19-9-8-13-21-15(24-23-13)12-7-6-10-26-12/h6-7,10H,5,8-9,11H2,1-4H3,(H,22,25)(H2,18,19,20)(H,21,23,24). The van der Waals surface area contributed by atoms with E-state index in [0.717, 1.165) is 5.82 Å². The summed E-state index contributed by atoms with van der Waals surface area (Å²) in [5, 5.41) is 16.2. The van der Waals surface area contributed by atoms with Crippen LogP contribution in [-0.2, 0) is 11.2 Å². The van der Waals surface area contributed by atoms with Crippen LogP contribution in [0.3, 0.4) is 0 Å². The number of carbonyl (C=O) groups excluding carboxylic acids is 1. The lowest BCUT2D eigenvalue weighted by atomic mass is 10.1. The minimum absolute atomic E-state index is 0.0670. The zero-order valence-electron chi connectivity index (χ0n) is 15.7. The number of carbonyl (C=O) groups is 1. The fourth-order valence-corrected chi connectivity index (χ4v) is 2.17. The smallest absolute Gasteiger partial charge is 0.242 e. The molecule has 0 radical (unpaired) electrons. The summed E-state index contributed by atoms with van der Waals surface area (Å²) in [4.78, 5) is 20.6. The summed E-state index contributed by atoms with van der Waals surface area (Å²) in [6, 6.07) is 3.60. The molecule has 0 saturated carbocycles. The second kappa shape index (κ2) is 9.02. The lowest BCUT2D eigenvalue weighted by molar-refractivity contribution is -0.121. The topological polar surface area (TPSA) is 120 Å². The second-order valence-corrected chi connectivity index (χ2v) is 6.75. The van der Waals surface area contributed by atoms with Gasteiger partial charge in [-0.15, -0.1) is 0 Å². The average Bonchev–Trinajstić information content (AvgIpc) is 3.22. The molecular formula is C17H27N7O2. The Morgan fingerprint density at radius 3 is 2.81 bits per heavy atom. The van der Waals surface area contributed by atoms with Crippen molar-refractivity contribution in [2.45, 2.75) is 39.7 Å². The van der Waals surface area contributed by atoms with Crippen molar-refractivity contribution in [1.82, 2.24) is 31.1 Å². The predicted molar refractivity (Wildman–Crippen MR) is 99.7 cm³/mol. The van der Waals surface area contributed by atoms with Crippen molar-refractivity contribution in [1.29, 1.82) is 0 Å². The predicted octanol–water partition coefficient (Wildman–Crippen LogP) is 1.08. The van der Waals surface area contributed by atoms with E-state index in [1.54, 1.807) is 12.3 Å². The molecule has 0 spiro atoms. The highest BCUT2D eigenvalue weighted by atomic mass is 16.3. The van der Waals surface area contributed by atoms with Crippen molar-refractivity contribution >= 4 is 11.9 Å². The monoisotopic (exact) mass is 361 g/mol. The first-order chi connectivity index (χ1) is 12.4. The normalized spacial score (nSPS) is 12.1. The van der Waals surface area contributed by atoms with Crippen LogP contribution in [0.25, 0.3) is 11.6 Å². The molecule has 0 saturated heterocycles. The first-order valence-corrected chi connectivity index (χ1v) is 8.65. The van der Waals surface area contributed by atoms with E-state index in [2.05, 4.69) is 36.1 Å². The summed E-state index contributed by atoms with van der Waals surface area (Å²) >= 11 is 0. The Labute approximate surface area is 153 Å². The van der Waals surface area contributed by atoms with Gasteiger partial charge in [0.05, 0.1) is 6.26 Å². The van der Waals surface area contributed by atoms with E-state index in [9.17, 15) is 4.79 Å². The minimum Gasteiger partial charge on any atom is -0.461 e. The van der Waals surface area contributed by atoms with Crippen molar-refractivity contribution in [3.8, 4) is 11.6 Å². The van der Waals surface area contributed by atoms with E-state index in [1.807, 2.05) is 33.8 Å². The Hall–Kier alpha value is -2.84. The van der Waals surface area contributed by atoms with Gasteiger partial charge in [0.25, 0.3) is 0 Å². The lowest BCUT2D eigenvalue weighted by Crippen LogP contribution is -2.43. The summed E-state index contributed by atoms with van der Waals surface area (Å²) in [7, 11) is 0. The fourth-order valence-electron chi connectivity index (χ4n) is 2.17. The van der Waals surface area contributed by atoms with Crippen molar-refractivity contribution < 1.29 is 9.21 Å². The maximum absolute atomic E-state index is 11.9. The van der Waals surface area contributed by atoms with E-state index < -0.39 is 0 Å². The zero-order chi connectivity index (χ0) is 19.0. The molecule has 1 amide bonds. The third-order valence-electron chi connectivity index (χ3n) is 3.17. The quantitative estimate of drug-likeness (QED) is 0.433. The van der Waals surface area contributed by atoms with Gasteiger partial charge in [0.1, 0.15) is 12.4 Å². The first kappa shape index (κ1) is 19.5. The van der Waals surface area contributed by atoms with Crippen molar-refractivity contribution in [3.63, 3.8) is 0 Å². The first-order valence-electron chi connectivity index (χ1n) is 8.65. The average molecular weight is 361 g/mol. The number of furan rings is 1. The van der Waals surface area contributed by atoms with Crippen LogP contribution in [0.4, 0.5) is 0 Å². The van der Waals surface area contributed by atoms with Gasteiger partial charge in [-0.1, -0.05) is 0 Å². The van der Waals surface area contributed by atoms with Crippen molar-refractivity contribution in [2.75, 3.05) is 19.6 Å². The van der Waals surface area contributed by atoms with Gasteiger partial charge in [-0.05, 0) is 39.8 Å². The van der Waals surface area contributed by atoms with Crippen LogP contribution in [0.1, 0.15) is 33.5 Å². The number of aromatic amines is 1. The number of nitrogens with zero attached hydrogens (tertiary/aromatic N) is 3. The van der Waals surface area contributed by atoms with Crippen molar-refractivity contribution in [3.05, 3.63) is 24.2 Å². The lowest BCUT2D eigenvalue weighted by Gasteiger charge is -2.20. The maximum atomic E-state index is 11.9. The van der Waals surface area contributed by atoms with Crippen LogP contribution in [0.2, 0.25) is 0 Å². The maximum Gasteiger partial charge on any atom is 0.242 e. The van der Waals surface area contributed by atoms with Gasteiger partial charge in [-0.2, -0.15) is 5.10 Å². The van der Waals surface area contributed by atoms with E-state index in [0.29, 0.717) is 37.1 Å². The van der Waals surface area contributed by atoms with Gasteiger partial charge in [-0.25, -0.2) is 9.98 Å². The Kier molecular flexibility index (Phi) is 6.76. The summed E-state index contributed by atoms with van der Waals surface area (Å²) in [6.45, 7) is 9.15. The van der Waals surface area contributed by atoms with E-state index >= 15 is 0 Å². The van der Waals surface area contributed by atoms with Gasteiger partial charge in [0, 0.05) is 25.0 Å². The molecule has 0 bridgehead atoms. The van der Waals surface area contributed by atoms with Gasteiger partial charge in [-0.3, -0.25) is 9.89 Å². The summed E-state index contributed by atoms with van der Waals surface area (Å²) in [5.74, 6) is 2.37. The second-order valence-electron chi connectivity index (χ2n) is 6.75. The number of nitrogens with one attached hydrogen (secondary N) is 4. The highest BCUT2D eigenvalue weighted by Crippen LogP contribution is 2.14. The number of H-pyrrole nitrogens is 1. The molecule has 0 aliphatic carbocycles. The number of aliphatic imine (C=N–C) groups is 1. The van der Waals surface area contributed by atoms with Crippen LogP contribution in [0, 0.1) is 0 Å². The molecule has 26 heavy (non-hydrogen) atoms. The van der Waals surface area contributed by atoms with Crippen LogP contribution in [0.15, 0.2) is 27.8 Å². The fraction of sp³-hybridized carbons (Fsp3) is 0.529. The van der Waals surface area contributed by atoms with E-state index in [1.165, 1.54) is 0 Å². The van der Waals surface area contributed by atoms with Crippen LogP contribution >= 0.6 is 0 Å². The molecule has 2 aromatic heterocycles. The third kappa shape index (κ3) is 6.58. The Bertz CT molecular complexity index is 714. The Morgan fingerprint density at radius 2 is 2.15 bits per heavy atom. The van der Waals surface area contributed by atoms with Crippen LogP contribution in [0.5, 0.6) is 0 Å². The molecule has 9 heteroatoms. The zero-order valence-corrected chi connectivity index (χ0v) is 15.7. The summed E-state index contributed by atoms with van der Waals surface area (Å²) < 4.78 is 5.27. The van der Waals surface area contributed by atoms with Gasteiger partial charge in [0.15, 0.2) is 11.7 Å². The molecule has 2 aromatic rings. The SMILES string of the molecule is CCNC(=NCC(=O)NC(C)(C)C)NCCc1nc(-c2ccco2)n[nH]1. The molecule has 2 rings (SSSR count). The summed E-state index contributed by atoms with van der Waals surface area (Å²) in [5.41, 5.74) is -0.267. The Morgan fingerprint density at radius 1 is 1.35 bits per heavy atom. The molecule has 0 unspecified atom stereocenters. The Balaban J connectivity index is 1.82. The number of aromatic nitrogens is 3. The number of hydrogen-bond acceptors (Lipinski definition) is 5. The molecule has 0 aliphatic heterocycles. The van der Waals surface area contributed by atoms with Gasteiger partial charge in [0.2, 0.25) is 11.7 Å². The number of rotatable bonds is 7. The highest BCUT2D eigenvalue weighted by Gasteiger charge is 2.13. The molecule has 9 nitrogen and oxygen atoms in total. The molecule has 0 aromatic carbocycles. The van der Waals surface area contributed by atoms with E-state index in [-0.39, 0.29) is 18.0 Å². The van der Waals surface area contributed by atoms with Gasteiger partial charge >= 0.3 is 0 Å². The number of guanidine groups is 1. The number of hydrogen-bond donors (Lipinski definition) is 4. The largest absolute Gasteiger partial charge is 0.461 e. The molecule has 4 N–H and O–H groups in total. The third-order valence-corrected chi connectivity index (χ3v) is 3.17. The minimum atomic E-state index is -0.267. The van der Waals surface area contributed by atoms with Crippen LogP contribution in [-0.4, -0.2) is 52.2 Å². The molecule has 0 fully saturated rings. The molecule has 0 aliphatic rings. The van der Waals surface area contributed by atoms with Crippen LogP contribution < -0.4 is 16.0 Å². The molecule has 142 valence electrons. The highest BCUT2D eigenvalue weighted by molar-refractivity contribution is 5.85. The summed E-state index contributed by atoms with van der Waals surface area (Å²) in [6.07, 6.45) is 2.22.